The maximum Gasteiger partial charge on any atom is 0.267 e. The molecule has 1 atom stereocenters. The predicted molar refractivity (Wildman–Crippen MR) is 76.6 cm³/mol. The molecule has 1 saturated carbocycles. The summed E-state index contributed by atoms with van der Waals surface area (Å²) in [5.74, 6) is 1.48. The molecule has 0 bridgehead atoms. The van der Waals surface area contributed by atoms with Crippen molar-refractivity contribution >= 4 is 21.8 Å². The highest BCUT2D eigenvalue weighted by molar-refractivity contribution is 9.10. The van der Waals surface area contributed by atoms with E-state index in [0.717, 1.165) is 35.6 Å². The molecule has 0 aliphatic heterocycles. The third-order valence-electron chi connectivity index (χ3n) is 3.57. The lowest BCUT2D eigenvalue weighted by Gasteiger charge is -2.12. The van der Waals surface area contributed by atoms with Gasteiger partial charge in [-0.15, -0.1) is 0 Å². The number of nitrogens with one attached hydrogen (secondary N) is 1. The zero-order valence-electron chi connectivity index (χ0n) is 11.1. The molecule has 3 nitrogen and oxygen atoms in total. The van der Waals surface area contributed by atoms with E-state index in [9.17, 15) is 4.79 Å². The second kappa shape index (κ2) is 5.91. The summed E-state index contributed by atoms with van der Waals surface area (Å²) in [4.78, 5) is 12.1. The van der Waals surface area contributed by atoms with E-state index in [-0.39, 0.29) is 5.91 Å². The minimum atomic E-state index is 0.0432. The molecule has 0 spiro atoms. The monoisotopic (exact) mass is 312 g/mol. The van der Waals surface area contributed by atoms with Crippen molar-refractivity contribution < 1.29 is 4.79 Å². The van der Waals surface area contributed by atoms with Crippen LogP contribution >= 0.6 is 15.9 Å². The van der Waals surface area contributed by atoms with E-state index in [1.165, 1.54) is 12.8 Å². The molecule has 0 aromatic carbocycles. The fourth-order valence-electron chi connectivity index (χ4n) is 2.27. The number of aryl methyl sites for hydroxylation is 1. The maximum absolute atomic E-state index is 12.1. The lowest BCUT2D eigenvalue weighted by atomic mass is 10.1. The van der Waals surface area contributed by atoms with Crippen molar-refractivity contribution in [2.45, 2.75) is 39.7 Å². The molecule has 1 aliphatic rings. The molecular formula is C14H21BrN2O. The Bertz CT molecular complexity index is 423. The zero-order valence-corrected chi connectivity index (χ0v) is 12.7. The van der Waals surface area contributed by atoms with E-state index in [1.54, 1.807) is 0 Å². The van der Waals surface area contributed by atoms with Crippen LogP contribution in [0.1, 0.15) is 43.6 Å². The van der Waals surface area contributed by atoms with Crippen LogP contribution in [0, 0.1) is 11.8 Å². The van der Waals surface area contributed by atoms with Gasteiger partial charge in [-0.1, -0.05) is 13.8 Å². The Kier molecular flexibility index (Phi) is 4.49. The molecule has 1 aromatic rings. The van der Waals surface area contributed by atoms with Gasteiger partial charge in [0.25, 0.3) is 5.91 Å². The SMILES string of the molecule is CCCn1cc(Br)cc1C(=O)NCC(C)C1CC1. The Balaban J connectivity index is 1.94. The number of carbonyl (C=O) groups is 1. The quantitative estimate of drug-likeness (QED) is 0.858. The predicted octanol–water partition coefficient (Wildman–Crippen LogP) is 3.44. The first kappa shape index (κ1) is 13.7. The van der Waals surface area contributed by atoms with Gasteiger partial charge in [0.05, 0.1) is 0 Å². The third-order valence-corrected chi connectivity index (χ3v) is 4.01. The number of nitrogens with zero attached hydrogens (tertiary/aromatic N) is 1. The molecule has 2 rings (SSSR count). The summed E-state index contributed by atoms with van der Waals surface area (Å²) >= 11 is 3.43. The molecule has 1 aliphatic carbocycles. The minimum Gasteiger partial charge on any atom is -0.350 e. The summed E-state index contributed by atoms with van der Waals surface area (Å²) < 4.78 is 2.98. The molecule has 1 aromatic heterocycles. The first-order valence-electron chi connectivity index (χ1n) is 6.75. The number of rotatable bonds is 6. The molecule has 1 fully saturated rings. The van der Waals surface area contributed by atoms with Gasteiger partial charge in [-0.3, -0.25) is 4.79 Å². The van der Waals surface area contributed by atoms with Gasteiger partial charge in [0.1, 0.15) is 5.69 Å². The number of halogens is 1. The Morgan fingerprint density at radius 1 is 1.61 bits per heavy atom. The van der Waals surface area contributed by atoms with Gasteiger partial charge in [-0.25, -0.2) is 0 Å². The lowest BCUT2D eigenvalue weighted by molar-refractivity contribution is 0.0937. The van der Waals surface area contributed by atoms with Crippen LogP contribution in [0.4, 0.5) is 0 Å². The fourth-order valence-corrected chi connectivity index (χ4v) is 2.73. The van der Waals surface area contributed by atoms with Gasteiger partial charge < -0.3 is 9.88 Å². The van der Waals surface area contributed by atoms with Crippen LogP contribution < -0.4 is 5.32 Å². The van der Waals surface area contributed by atoms with Crippen LogP contribution in [0.3, 0.4) is 0 Å². The van der Waals surface area contributed by atoms with Crippen LogP contribution in [0.2, 0.25) is 0 Å². The van der Waals surface area contributed by atoms with E-state index in [2.05, 4.69) is 35.1 Å². The van der Waals surface area contributed by atoms with E-state index < -0.39 is 0 Å². The molecular weight excluding hydrogens is 292 g/mol. The number of hydrogen-bond acceptors (Lipinski definition) is 1. The standard InChI is InChI=1S/C14H21BrN2O/c1-3-6-17-9-12(15)7-13(17)14(18)16-8-10(2)11-4-5-11/h7,9-11H,3-6,8H2,1-2H3,(H,16,18). The van der Waals surface area contributed by atoms with E-state index in [0.29, 0.717) is 5.92 Å². The van der Waals surface area contributed by atoms with E-state index in [1.807, 2.05) is 16.8 Å². The smallest absolute Gasteiger partial charge is 0.267 e. The number of aromatic nitrogens is 1. The largest absolute Gasteiger partial charge is 0.350 e. The maximum atomic E-state index is 12.1. The Labute approximate surface area is 117 Å². The van der Waals surface area contributed by atoms with Crippen LogP contribution in [-0.4, -0.2) is 17.0 Å². The molecule has 1 amide bonds. The van der Waals surface area contributed by atoms with Crippen molar-refractivity contribution in [3.8, 4) is 0 Å². The number of hydrogen-bond donors (Lipinski definition) is 1. The first-order valence-corrected chi connectivity index (χ1v) is 7.55. The van der Waals surface area contributed by atoms with E-state index in [4.69, 9.17) is 0 Å². The summed E-state index contributed by atoms with van der Waals surface area (Å²) in [6.07, 6.45) is 5.66. The molecule has 1 unspecified atom stereocenters. The summed E-state index contributed by atoms with van der Waals surface area (Å²) in [5, 5.41) is 3.05. The van der Waals surface area contributed by atoms with Gasteiger partial charge in [-0.2, -0.15) is 0 Å². The average molecular weight is 313 g/mol. The van der Waals surface area contributed by atoms with E-state index >= 15 is 0 Å². The van der Waals surface area contributed by atoms with Gasteiger partial charge in [-0.05, 0) is 53.1 Å². The Hall–Kier alpha value is -0.770. The molecule has 1 N–H and O–H groups in total. The molecule has 1 heterocycles. The van der Waals surface area contributed by atoms with Crippen LogP contribution in [0.15, 0.2) is 16.7 Å². The highest BCUT2D eigenvalue weighted by Crippen LogP contribution is 2.36. The second-order valence-electron chi connectivity index (χ2n) is 5.26. The van der Waals surface area contributed by atoms with Gasteiger partial charge in [0.2, 0.25) is 0 Å². The molecule has 4 heteroatoms. The molecule has 0 radical (unpaired) electrons. The number of amides is 1. The highest BCUT2D eigenvalue weighted by Gasteiger charge is 2.28. The topological polar surface area (TPSA) is 34.0 Å². The summed E-state index contributed by atoms with van der Waals surface area (Å²) in [6, 6.07) is 1.90. The van der Waals surface area contributed by atoms with Crippen molar-refractivity contribution in [1.82, 2.24) is 9.88 Å². The summed E-state index contributed by atoms with van der Waals surface area (Å²) in [6.45, 7) is 6.01. The Morgan fingerprint density at radius 2 is 2.33 bits per heavy atom. The fraction of sp³-hybridized carbons (Fsp3) is 0.643. The zero-order chi connectivity index (χ0) is 13.1. The third kappa shape index (κ3) is 3.37. The normalized spacial score (nSPS) is 16.6. The van der Waals surface area contributed by atoms with Crippen molar-refractivity contribution in [2.24, 2.45) is 11.8 Å². The van der Waals surface area contributed by atoms with Gasteiger partial charge >= 0.3 is 0 Å². The van der Waals surface area contributed by atoms with Gasteiger partial charge in [0.15, 0.2) is 0 Å². The molecule has 100 valence electrons. The minimum absolute atomic E-state index is 0.0432. The summed E-state index contributed by atoms with van der Waals surface area (Å²) in [7, 11) is 0. The number of carbonyl (C=O) groups excluding carboxylic acids is 1. The second-order valence-corrected chi connectivity index (χ2v) is 6.18. The Morgan fingerprint density at radius 3 is 2.94 bits per heavy atom. The van der Waals surface area contributed by atoms with Crippen molar-refractivity contribution in [3.63, 3.8) is 0 Å². The van der Waals surface area contributed by atoms with Crippen LogP contribution in [0.25, 0.3) is 0 Å². The lowest BCUT2D eigenvalue weighted by Crippen LogP contribution is -2.30. The first-order chi connectivity index (χ1) is 8.61. The van der Waals surface area contributed by atoms with Gasteiger partial charge in [0, 0.05) is 23.8 Å². The molecule has 0 saturated heterocycles. The van der Waals surface area contributed by atoms with Crippen molar-refractivity contribution in [2.75, 3.05) is 6.54 Å². The molecule has 18 heavy (non-hydrogen) atoms. The van der Waals surface area contributed by atoms with Crippen molar-refractivity contribution in [1.29, 1.82) is 0 Å². The van der Waals surface area contributed by atoms with Crippen LogP contribution in [0.5, 0.6) is 0 Å². The average Bonchev–Trinajstić information content (AvgIpc) is 3.11. The summed E-state index contributed by atoms with van der Waals surface area (Å²) in [5.41, 5.74) is 0.756. The van der Waals surface area contributed by atoms with Crippen molar-refractivity contribution in [3.05, 3.63) is 22.4 Å². The van der Waals surface area contributed by atoms with Crippen LogP contribution in [-0.2, 0) is 6.54 Å². The highest BCUT2D eigenvalue weighted by atomic mass is 79.9.